The molecule has 2 rings (SSSR count). The van der Waals surface area contributed by atoms with Gasteiger partial charge in [-0.25, -0.2) is 0 Å². The normalized spacial score (nSPS) is 15.8. The van der Waals surface area contributed by atoms with Gasteiger partial charge in [0.1, 0.15) is 0 Å². The summed E-state index contributed by atoms with van der Waals surface area (Å²) in [4.78, 5) is 2.56. The van der Waals surface area contributed by atoms with Gasteiger partial charge in [-0.2, -0.15) is 0 Å². The quantitative estimate of drug-likeness (QED) is 0.763. The highest BCUT2D eigenvalue weighted by atomic mass is 15.1. The molecule has 0 aromatic heterocycles. The van der Waals surface area contributed by atoms with Crippen molar-refractivity contribution in [3.63, 3.8) is 0 Å². The first-order chi connectivity index (χ1) is 8.15. The van der Waals surface area contributed by atoms with E-state index in [1.807, 2.05) is 12.1 Å². The molecule has 2 N–H and O–H groups in total. The minimum Gasteiger partial charge on any atom is -0.399 e. The van der Waals surface area contributed by atoms with Crippen molar-refractivity contribution >= 4 is 5.69 Å². The van der Waals surface area contributed by atoms with E-state index in [2.05, 4.69) is 30.9 Å². The van der Waals surface area contributed by atoms with Gasteiger partial charge in [-0.3, -0.25) is 4.90 Å². The Bertz CT molecular complexity index is 338. The molecule has 1 aromatic carbocycles. The van der Waals surface area contributed by atoms with E-state index >= 15 is 0 Å². The number of nitrogen functional groups attached to an aromatic ring is 1. The third-order valence-corrected chi connectivity index (χ3v) is 3.62. The third-order valence-electron chi connectivity index (χ3n) is 3.62. The lowest BCUT2D eigenvalue weighted by atomic mass is 10.1. The molecule has 0 saturated heterocycles. The van der Waals surface area contributed by atoms with Gasteiger partial charge < -0.3 is 5.73 Å². The molecule has 0 atom stereocenters. The number of anilines is 1. The van der Waals surface area contributed by atoms with Gasteiger partial charge in [-0.05, 0) is 50.4 Å². The van der Waals surface area contributed by atoms with Crippen molar-refractivity contribution in [3.8, 4) is 0 Å². The predicted octanol–water partition coefficient (Wildman–Crippen LogP) is 3.28. The van der Waals surface area contributed by atoms with E-state index in [4.69, 9.17) is 5.73 Å². The zero-order valence-corrected chi connectivity index (χ0v) is 11.0. The molecule has 0 amide bonds. The zero-order valence-electron chi connectivity index (χ0n) is 11.0. The number of rotatable bonds is 6. The summed E-state index contributed by atoms with van der Waals surface area (Å²) in [5.74, 6) is 1.02. The van der Waals surface area contributed by atoms with Gasteiger partial charge in [0.25, 0.3) is 0 Å². The van der Waals surface area contributed by atoms with Crippen LogP contribution in [-0.2, 0) is 6.54 Å². The van der Waals surface area contributed by atoms with Crippen molar-refractivity contribution in [1.82, 2.24) is 4.90 Å². The maximum Gasteiger partial charge on any atom is 0.0314 e. The van der Waals surface area contributed by atoms with Crippen LogP contribution in [-0.4, -0.2) is 17.5 Å². The molecule has 2 heteroatoms. The Kier molecular flexibility index (Phi) is 4.06. The summed E-state index contributed by atoms with van der Waals surface area (Å²) < 4.78 is 0. The van der Waals surface area contributed by atoms with Gasteiger partial charge in [0.2, 0.25) is 0 Å². The van der Waals surface area contributed by atoms with E-state index in [-0.39, 0.29) is 0 Å². The standard InChI is InChI=1S/C15H24N2/c1-12(2)17(10-9-13-3-4-13)11-14-5-7-15(16)8-6-14/h5-8,12-13H,3-4,9-11,16H2,1-2H3. The smallest absolute Gasteiger partial charge is 0.0314 e. The second kappa shape index (κ2) is 5.54. The van der Waals surface area contributed by atoms with Gasteiger partial charge in [-0.1, -0.05) is 25.0 Å². The summed E-state index contributed by atoms with van der Waals surface area (Å²) in [5, 5.41) is 0. The lowest BCUT2D eigenvalue weighted by molar-refractivity contribution is 0.206. The Morgan fingerprint density at radius 3 is 2.41 bits per heavy atom. The summed E-state index contributed by atoms with van der Waals surface area (Å²) in [6, 6.07) is 8.89. The van der Waals surface area contributed by atoms with Gasteiger partial charge in [-0.15, -0.1) is 0 Å². The predicted molar refractivity (Wildman–Crippen MR) is 73.7 cm³/mol. The first-order valence-electron chi connectivity index (χ1n) is 6.73. The van der Waals surface area contributed by atoms with E-state index in [1.54, 1.807) is 0 Å². The monoisotopic (exact) mass is 232 g/mol. The molecule has 1 saturated carbocycles. The van der Waals surface area contributed by atoms with Crippen LogP contribution in [0.15, 0.2) is 24.3 Å². The molecule has 94 valence electrons. The lowest BCUT2D eigenvalue weighted by Gasteiger charge is -2.26. The Morgan fingerprint density at radius 2 is 1.88 bits per heavy atom. The minimum absolute atomic E-state index is 0.617. The van der Waals surface area contributed by atoms with Crippen LogP contribution in [0.1, 0.15) is 38.7 Å². The number of nitrogens with zero attached hydrogens (tertiary/aromatic N) is 1. The number of nitrogens with two attached hydrogens (primary N) is 1. The Labute approximate surface area is 105 Å². The molecule has 0 bridgehead atoms. The molecule has 2 nitrogen and oxygen atoms in total. The average Bonchev–Trinajstić information content (AvgIpc) is 3.10. The highest BCUT2D eigenvalue weighted by Gasteiger charge is 2.22. The zero-order chi connectivity index (χ0) is 12.3. The summed E-state index contributed by atoms with van der Waals surface area (Å²) in [5.41, 5.74) is 7.92. The van der Waals surface area contributed by atoms with Crippen LogP contribution in [0.25, 0.3) is 0 Å². The van der Waals surface area contributed by atoms with Gasteiger partial charge in [0, 0.05) is 18.3 Å². The third kappa shape index (κ3) is 4.04. The molecular weight excluding hydrogens is 208 g/mol. The second-order valence-electron chi connectivity index (χ2n) is 5.54. The molecule has 17 heavy (non-hydrogen) atoms. The van der Waals surface area contributed by atoms with Crippen LogP contribution < -0.4 is 5.73 Å². The van der Waals surface area contributed by atoms with Crippen molar-refractivity contribution in [2.24, 2.45) is 5.92 Å². The van der Waals surface area contributed by atoms with Gasteiger partial charge in [0.15, 0.2) is 0 Å². The summed E-state index contributed by atoms with van der Waals surface area (Å²) in [6.45, 7) is 6.84. The summed E-state index contributed by atoms with van der Waals surface area (Å²) in [6.07, 6.45) is 4.27. The van der Waals surface area contributed by atoms with E-state index in [1.165, 1.54) is 31.4 Å². The van der Waals surface area contributed by atoms with Crippen molar-refractivity contribution in [2.75, 3.05) is 12.3 Å². The van der Waals surface area contributed by atoms with Crippen molar-refractivity contribution < 1.29 is 0 Å². The minimum atomic E-state index is 0.617. The van der Waals surface area contributed by atoms with Crippen LogP contribution in [0.5, 0.6) is 0 Å². The number of benzene rings is 1. The van der Waals surface area contributed by atoms with Crippen LogP contribution >= 0.6 is 0 Å². The highest BCUT2D eigenvalue weighted by Crippen LogP contribution is 2.32. The van der Waals surface area contributed by atoms with Crippen LogP contribution in [0.2, 0.25) is 0 Å². The average molecular weight is 232 g/mol. The van der Waals surface area contributed by atoms with E-state index < -0.39 is 0 Å². The maximum absolute atomic E-state index is 5.71. The summed E-state index contributed by atoms with van der Waals surface area (Å²) >= 11 is 0. The molecule has 0 heterocycles. The molecule has 0 unspecified atom stereocenters. The Morgan fingerprint density at radius 1 is 1.24 bits per heavy atom. The van der Waals surface area contributed by atoms with E-state index in [0.29, 0.717) is 6.04 Å². The molecule has 1 fully saturated rings. The molecule has 0 spiro atoms. The highest BCUT2D eigenvalue weighted by molar-refractivity contribution is 5.39. The van der Waals surface area contributed by atoms with Crippen molar-refractivity contribution in [3.05, 3.63) is 29.8 Å². The number of hydrogen-bond donors (Lipinski definition) is 1. The molecular formula is C15H24N2. The van der Waals surface area contributed by atoms with E-state index in [0.717, 1.165) is 18.2 Å². The fraction of sp³-hybridized carbons (Fsp3) is 0.600. The van der Waals surface area contributed by atoms with Gasteiger partial charge in [0.05, 0.1) is 0 Å². The maximum atomic E-state index is 5.71. The van der Waals surface area contributed by atoms with Crippen LogP contribution in [0.4, 0.5) is 5.69 Å². The van der Waals surface area contributed by atoms with Crippen LogP contribution in [0, 0.1) is 5.92 Å². The van der Waals surface area contributed by atoms with E-state index in [9.17, 15) is 0 Å². The second-order valence-corrected chi connectivity index (χ2v) is 5.54. The lowest BCUT2D eigenvalue weighted by Crippen LogP contribution is -2.31. The Balaban J connectivity index is 1.88. The largest absolute Gasteiger partial charge is 0.399 e. The Hall–Kier alpha value is -1.02. The van der Waals surface area contributed by atoms with Crippen molar-refractivity contribution in [1.29, 1.82) is 0 Å². The topological polar surface area (TPSA) is 29.3 Å². The molecule has 0 aliphatic heterocycles. The molecule has 1 aliphatic carbocycles. The number of hydrogen-bond acceptors (Lipinski definition) is 2. The SMILES string of the molecule is CC(C)N(CCC1CC1)Cc1ccc(N)cc1. The molecule has 1 aromatic rings. The summed E-state index contributed by atoms with van der Waals surface area (Å²) in [7, 11) is 0. The van der Waals surface area contributed by atoms with Crippen LogP contribution in [0.3, 0.4) is 0 Å². The fourth-order valence-corrected chi connectivity index (χ4v) is 2.13. The van der Waals surface area contributed by atoms with Crippen molar-refractivity contribution in [2.45, 2.75) is 45.7 Å². The first-order valence-corrected chi connectivity index (χ1v) is 6.73. The molecule has 0 radical (unpaired) electrons. The molecule has 1 aliphatic rings. The fourth-order valence-electron chi connectivity index (χ4n) is 2.13. The van der Waals surface area contributed by atoms with Gasteiger partial charge >= 0.3 is 0 Å². The first kappa shape index (κ1) is 12.4.